The molecular weight excluding hydrogens is 472 g/mol. The lowest BCUT2D eigenvalue weighted by Gasteiger charge is -2.32. The molecule has 2 aliphatic rings. The van der Waals surface area contributed by atoms with Gasteiger partial charge in [-0.2, -0.15) is 13.2 Å². The molecule has 1 saturated heterocycles. The third-order valence-corrected chi connectivity index (χ3v) is 5.14. The number of hydrogen-bond acceptors (Lipinski definition) is 3. The third-order valence-electron chi connectivity index (χ3n) is 5.14. The summed E-state index contributed by atoms with van der Waals surface area (Å²) < 4.78 is 42.9. The molecule has 0 amide bonds. The fourth-order valence-electron chi connectivity index (χ4n) is 3.30. The van der Waals surface area contributed by atoms with E-state index in [2.05, 4.69) is 15.2 Å². The summed E-state index contributed by atoms with van der Waals surface area (Å²) >= 11 is 0. The number of ether oxygens (including phenoxy) is 1. The Bertz CT molecular complexity index is 439. The predicted octanol–water partition coefficient (Wildman–Crippen LogP) is 3.20. The zero-order chi connectivity index (χ0) is 19.0. The van der Waals surface area contributed by atoms with E-state index in [9.17, 15) is 13.2 Å². The van der Waals surface area contributed by atoms with Crippen molar-refractivity contribution in [3.8, 4) is 0 Å². The molecule has 160 valence electrons. The van der Waals surface area contributed by atoms with Crippen LogP contribution in [0, 0.1) is 11.8 Å². The van der Waals surface area contributed by atoms with Crippen molar-refractivity contribution < 1.29 is 17.9 Å². The summed E-state index contributed by atoms with van der Waals surface area (Å²) in [5, 5.41) is 3.35. The Kier molecular flexibility index (Phi) is 11.3. The summed E-state index contributed by atoms with van der Waals surface area (Å²) in [7, 11) is 3.75. The van der Waals surface area contributed by atoms with Gasteiger partial charge < -0.3 is 15.0 Å². The number of hydrogen-bond donors (Lipinski definition) is 1. The molecule has 9 heteroatoms. The molecule has 0 atom stereocenters. The molecular formula is C18H34F3IN4O. The second kappa shape index (κ2) is 12.3. The van der Waals surface area contributed by atoms with Crippen molar-refractivity contribution in [1.82, 2.24) is 15.1 Å². The van der Waals surface area contributed by atoms with E-state index in [1.54, 1.807) is 7.05 Å². The summed E-state index contributed by atoms with van der Waals surface area (Å²) in [5.74, 6) is 2.10. The van der Waals surface area contributed by atoms with Crippen LogP contribution < -0.4 is 5.32 Å². The zero-order valence-electron chi connectivity index (χ0n) is 16.4. The molecule has 5 nitrogen and oxygen atoms in total. The Balaban J connectivity index is 0.00000364. The highest BCUT2D eigenvalue weighted by atomic mass is 127. The van der Waals surface area contributed by atoms with Crippen molar-refractivity contribution in [3.63, 3.8) is 0 Å². The van der Waals surface area contributed by atoms with Gasteiger partial charge in [-0.05, 0) is 57.0 Å². The van der Waals surface area contributed by atoms with Crippen molar-refractivity contribution in [1.29, 1.82) is 0 Å². The van der Waals surface area contributed by atoms with E-state index < -0.39 is 12.7 Å². The predicted molar refractivity (Wildman–Crippen MR) is 113 cm³/mol. The minimum Gasteiger partial charge on any atom is -0.379 e. The molecule has 0 spiro atoms. The maximum Gasteiger partial charge on any atom is 0.401 e. The second-order valence-electron chi connectivity index (χ2n) is 7.54. The van der Waals surface area contributed by atoms with Crippen LogP contribution >= 0.6 is 24.0 Å². The maximum absolute atomic E-state index is 12.4. The number of likely N-dealkylation sites (N-methyl/N-ethyl adjacent to an activating group) is 1. The number of halogens is 4. The highest BCUT2D eigenvalue weighted by molar-refractivity contribution is 14.0. The van der Waals surface area contributed by atoms with Crippen LogP contribution in [0.5, 0.6) is 0 Å². The second-order valence-corrected chi connectivity index (χ2v) is 7.54. The summed E-state index contributed by atoms with van der Waals surface area (Å²) in [6.45, 7) is 3.46. The van der Waals surface area contributed by atoms with Gasteiger partial charge in [0.25, 0.3) is 0 Å². The van der Waals surface area contributed by atoms with E-state index >= 15 is 0 Å². The smallest absolute Gasteiger partial charge is 0.379 e. The van der Waals surface area contributed by atoms with E-state index in [0.717, 1.165) is 50.8 Å². The van der Waals surface area contributed by atoms with E-state index in [1.807, 2.05) is 7.05 Å². The Morgan fingerprint density at radius 3 is 2.41 bits per heavy atom. The third kappa shape index (κ3) is 10.7. The van der Waals surface area contributed by atoms with E-state index in [4.69, 9.17) is 4.74 Å². The monoisotopic (exact) mass is 506 g/mol. The minimum atomic E-state index is -4.09. The Hall–Kier alpha value is -0.290. The van der Waals surface area contributed by atoms with Crippen LogP contribution in [-0.4, -0.2) is 82.0 Å². The molecule has 0 bridgehead atoms. The molecule has 0 unspecified atom stereocenters. The summed E-state index contributed by atoms with van der Waals surface area (Å²) in [6.07, 6.45) is 1.14. The SMILES string of the molecule is CN=C(NCCC1CCN(CC(F)(F)F)CC1)N(C)CCOCC1CC1.I. The number of nitrogens with one attached hydrogen (secondary N) is 1. The van der Waals surface area contributed by atoms with Gasteiger partial charge in [0, 0.05) is 33.8 Å². The first kappa shape index (κ1) is 24.7. The Morgan fingerprint density at radius 2 is 1.85 bits per heavy atom. The van der Waals surface area contributed by atoms with E-state index in [-0.39, 0.29) is 24.0 Å². The average Bonchev–Trinajstić information content (AvgIpc) is 3.40. The van der Waals surface area contributed by atoms with Crippen LogP contribution in [0.2, 0.25) is 0 Å². The number of aliphatic imine (C=N–C) groups is 1. The maximum atomic E-state index is 12.4. The van der Waals surface area contributed by atoms with Crippen LogP contribution in [0.3, 0.4) is 0 Å². The quantitative estimate of drug-likeness (QED) is 0.226. The zero-order valence-corrected chi connectivity index (χ0v) is 18.8. The fraction of sp³-hybridized carbons (Fsp3) is 0.944. The fourth-order valence-corrected chi connectivity index (χ4v) is 3.30. The Morgan fingerprint density at radius 1 is 1.19 bits per heavy atom. The van der Waals surface area contributed by atoms with Gasteiger partial charge in [-0.25, -0.2) is 0 Å². The lowest BCUT2D eigenvalue weighted by molar-refractivity contribution is -0.148. The first-order chi connectivity index (χ1) is 12.4. The highest BCUT2D eigenvalue weighted by Gasteiger charge is 2.32. The lowest BCUT2D eigenvalue weighted by atomic mass is 9.93. The minimum absolute atomic E-state index is 0. The van der Waals surface area contributed by atoms with Crippen molar-refractivity contribution >= 4 is 29.9 Å². The van der Waals surface area contributed by atoms with Gasteiger partial charge in [0.2, 0.25) is 0 Å². The van der Waals surface area contributed by atoms with Gasteiger partial charge >= 0.3 is 6.18 Å². The average molecular weight is 506 g/mol. The largest absolute Gasteiger partial charge is 0.401 e. The number of guanidine groups is 1. The topological polar surface area (TPSA) is 40.1 Å². The van der Waals surface area contributed by atoms with Crippen molar-refractivity contribution in [2.24, 2.45) is 16.8 Å². The lowest BCUT2D eigenvalue weighted by Crippen LogP contribution is -2.42. The number of rotatable bonds is 9. The van der Waals surface area contributed by atoms with Gasteiger partial charge in [-0.3, -0.25) is 9.89 Å². The summed E-state index contributed by atoms with van der Waals surface area (Å²) in [6, 6.07) is 0. The molecule has 2 fully saturated rings. The molecule has 0 aromatic carbocycles. The summed E-state index contributed by atoms with van der Waals surface area (Å²) in [4.78, 5) is 7.86. The molecule has 27 heavy (non-hydrogen) atoms. The number of nitrogens with zero attached hydrogens (tertiary/aromatic N) is 3. The van der Waals surface area contributed by atoms with Crippen molar-refractivity contribution in [2.45, 2.75) is 38.3 Å². The van der Waals surface area contributed by atoms with Gasteiger partial charge in [-0.1, -0.05) is 0 Å². The standard InChI is InChI=1S/C18H33F3N4O.HI/c1-22-17(24(2)11-12-26-13-16-3-4-16)23-8-5-15-6-9-25(10-7-15)14-18(19,20)21;/h15-16H,3-14H2,1-2H3,(H,22,23);1H. The molecule has 0 aromatic heterocycles. The molecule has 1 aliphatic carbocycles. The van der Waals surface area contributed by atoms with Crippen LogP contribution in [0.1, 0.15) is 32.1 Å². The van der Waals surface area contributed by atoms with Crippen LogP contribution in [0.15, 0.2) is 4.99 Å². The van der Waals surface area contributed by atoms with Crippen molar-refractivity contribution in [3.05, 3.63) is 0 Å². The molecule has 1 N–H and O–H groups in total. The first-order valence-corrected chi connectivity index (χ1v) is 9.66. The van der Waals surface area contributed by atoms with Gasteiger partial charge in [0.05, 0.1) is 13.2 Å². The van der Waals surface area contributed by atoms with Crippen LogP contribution in [0.25, 0.3) is 0 Å². The Labute approximate surface area is 178 Å². The van der Waals surface area contributed by atoms with Gasteiger partial charge in [-0.15, -0.1) is 24.0 Å². The number of likely N-dealkylation sites (tertiary alicyclic amines) is 1. The van der Waals surface area contributed by atoms with Crippen LogP contribution in [0.4, 0.5) is 13.2 Å². The van der Waals surface area contributed by atoms with Gasteiger partial charge in [0.15, 0.2) is 5.96 Å². The van der Waals surface area contributed by atoms with E-state index in [0.29, 0.717) is 25.6 Å². The van der Waals surface area contributed by atoms with Gasteiger partial charge in [0.1, 0.15) is 0 Å². The number of alkyl halides is 3. The van der Waals surface area contributed by atoms with E-state index in [1.165, 1.54) is 17.7 Å². The summed E-state index contributed by atoms with van der Waals surface area (Å²) in [5.41, 5.74) is 0. The van der Waals surface area contributed by atoms with Crippen LogP contribution in [-0.2, 0) is 4.74 Å². The molecule has 0 radical (unpaired) electrons. The normalized spacial score (nSPS) is 19.7. The molecule has 1 aliphatic heterocycles. The molecule has 1 heterocycles. The number of piperidine rings is 1. The molecule has 2 rings (SSSR count). The first-order valence-electron chi connectivity index (χ1n) is 9.66. The molecule has 0 aromatic rings. The molecule has 1 saturated carbocycles. The van der Waals surface area contributed by atoms with Crippen molar-refractivity contribution in [2.75, 3.05) is 60.0 Å². The highest BCUT2D eigenvalue weighted by Crippen LogP contribution is 2.28.